The second-order valence-corrected chi connectivity index (χ2v) is 22.3. The molecule has 3 nitrogen and oxygen atoms in total. The van der Waals surface area contributed by atoms with Gasteiger partial charge in [-0.3, -0.25) is 0 Å². The summed E-state index contributed by atoms with van der Waals surface area (Å²) in [6.45, 7) is 4.72. The predicted molar refractivity (Wildman–Crippen MR) is 327 cm³/mol. The average Bonchev–Trinajstić information content (AvgIpc) is 2.61. The molecule has 0 N–H and O–H groups in total. The summed E-state index contributed by atoms with van der Waals surface area (Å²) in [5.74, 6) is 0. The number of fused-ring (bicyclic) bond motifs is 20. The highest BCUT2D eigenvalue weighted by Crippen LogP contribution is 2.65. The van der Waals surface area contributed by atoms with E-state index >= 15 is 0 Å². The van der Waals surface area contributed by atoms with Crippen LogP contribution < -0.4 is 4.90 Å². The smallest absolute Gasteiger partial charge is 0.143 e. The van der Waals surface area contributed by atoms with Gasteiger partial charge in [-0.2, -0.15) is 0 Å². The minimum absolute atomic E-state index is 0.123. The maximum Gasteiger partial charge on any atom is 0.143 e. The number of nitrogens with zero attached hydrogens (tertiary/aromatic N) is 2. The molecule has 12 aromatic carbocycles. The van der Waals surface area contributed by atoms with Gasteiger partial charge in [-0.1, -0.05) is 214 Å². The summed E-state index contributed by atoms with van der Waals surface area (Å²) in [5, 5.41) is 4.75. The Morgan fingerprint density at radius 1 is 0.329 bits per heavy atom. The van der Waals surface area contributed by atoms with Crippen LogP contribution in [0.2, 0.25) is 0 Å². The molecular weight excluding hydrogens is 957 g/mol. The fourth-order valence-electron chi connectivity index (χ4n) is 14.5. The summed E-state index contributed by atoms with van der Waals surface area (Å²) >= 11 is 0. The molecule has 3 heteroatoms. The molecule has 2 aromatic heterocycles. The van der Waals surface area contributed by atoms with Gasteiger partial charge in [0.05, 0.1) is 22.1 Å². The largest absolute Gasteiger partial charge is 0.455 e. The third-order valence-corrected chi connectivity index (χ3v) is 18.0. The fraction of sp³-hybridized carbons (Fsp3) is 0.0526. The maximum absolute atomic E-state index is 6.84. The Bertz CT molecular complexity index is 4860. The van der Waals surface area contributed by atoms with Gasteiger partial charge in [0.2, 0.25) is 0 Å². The Hall–Kier alpha value is -9.96. The number of furan rings is 1. The zero-order chi connectivity index (χ0) is 52.1. The topological polar surface area (TPSA) is 21.3 Å². The second-order valence-electron chi connectivity index (χ2n) is 22.3. The molecule has 14 aromatic rings. The Morgan fingerprint density at radius 3 is 1.63 bits per heavy atom. The van der Waals surface area contributed by atoms with Crippen molar-refractivity contribution < 1.29 is 4.42 Å². The van der Waals surface area contributed by atoms with E-state index < -0.39 is 5.41 Å². The molecule has 1 spiro atoms. The van der Waals surface area contributed by atoms with Gasteiger partial charge < -0.3 is 13.9 Å². The van der Waals surface area contributed by atoms with Crippen molar-refractivity contribution in [1.82, 2.24) is 4.57 Å². The van der Waals surface area contributed by atoms with Crippen LogP contribution in [0, 0.1) is 0 Å². The summed E-state index contributed by atoms with van der Waals surface area (Å²) in [7, 11) is 0. The van der Waals surface area contributed by atoms with Crippen molar-refractivity contribution in [3.05, 3.63) is 300 Å². The first kappa shape index (κ1) is 44.2. The van der Waals surface area contributed by atoms with Crippen molar-refractivity contribution in [2.45, 2.75) is 24.7 Å². The first-order chi connectivity index (χ1) is 38.9. The van der Waals surface area contributed by atoms with E-state index in [1.54, 1.807) is 0 Å². The van der Waals surface area contributed by atoms with Crippen LogP contribution in [-0.4, -0.2) is 4.57 Å². The molecule has 0 radical (unpaired) electrons. The molecular formula is C76H50N2O. The van der Waals surface area contributed by atoms with Crippen LogP contribution in [0.3, 0.4) is 0 Å². The lowest BCUT2D eigenvalue weighted by atomic mass is 9.70. The van der Waals surface area contributed by atoms with Crippen LogP contribution in [-0.2, 0) is 10.8 Å². The minimum Gasteiger partial charge on any atom is -0.455 e. The standard InChI is InChI=1S/C76H50N2O/c1-75(2)62-24-11-6-19-54(62)55-41-40-53(46-67(55)75)77(51-36-31-48(32-37-51)47-17-4-3-5-18-47)52-38-33-49(34-39-52)50-35-44-69-61(45-50)56-20-9-14-28-68(56)78(69)70-29-16-27-65-72(70)59-22-7-12-25-63(59)76(65)64-26-13-8-23-60(64)73-66(76)43-42-58-57-21-10-15-30-71(57)79-74(58)73/h3-46H,1-2H3. The quantitative estimate of drug-likeness (QED) is 0.166. The lowest BCUT2D eigenvalue weighted by molar-refractivity contribution is 0.660. The number of anilines is 3. The number of hydrogen-bond donors (Lipinski definition) is 0. The molecule has 0 fully saturated rings. The zero-order valence-corrected chi connectivity index (χ0v) is 43.7. The van der Waals surface area contributed by atoms with Gasteiger partial charge in [-0.05, 0) is 145 Å². The summed E-state index contributed by atoms with van der Waals surface area (Å²) in [6.07, 6.45) is 0. The molecule has 0 bridgehead atoms. The number of benzene rings is 12. The van der Waals surface area contributed by atoms with Crippen molar-refractivity contribution in [2.75, 3.05) is 4.90 Å². The lowest BCUT2D eigenvalue weighted by Crippen LogP contribution is -2.25. The van der Waals surface area contributed by atoms with Gasteiger partial charge in [0.25, 0.3) is 0 Å². The van der Waals surface area contributed by atoms with E-state index in [9.17, 15) is 0 Å². The van der Waals surface area contributed by atoms with E-state index in [0.717, 1.165) is 39.0 Å². The van der Waals surface area contributed by atoms with E-state index in [4.69, 9.17) is 4.42 Å². The Labute approximate surface area is 458 Å². The van der Waals surface area contributed by atoms with Crippen molar-refractivity contribution >= 4 is 60.8 Å². The number of rotatable bonds is 6. The van der Waals surface area contributed by atoms with Gasteiger partial charge >= 0.3 is 0 Å². The summed E-state index contributed by atoms with van der Waals surface area (Å²) in [4.78, 5) is 2.41. The Kier molecular flexibility index (Phi) is 9.11. The van der Waals surface area contributed by atoms with Crippen LogP contribution >= 0.6 is 0 Å². The van der Waals surface area contributed by atoms with E-state index in [-0.39, 0.29) is 5.41 Å². The molecule has 0 saturated carbocycles. The monoisotopic (exact) mass is 1010 g/mol. The molecule has 17 rings (SSSR count). The molecule has 1 atom stereocenters. The normalized spacial score (nSPS) is 15.1. The molecule has 0 aliphatic heterocycles. The molecule has 79 heavy (non-hydrogen) atoms. The van der Waals surface area contributed by atoms with Crippen LogP contribution in [0.4, 0.5) is 17.1 Å². The van der Waals surface area contributed by atoms with Crippen LogP contribution in [0.25, 0.3) is 105 Å². The highest BCUT2D eigenvalue weighted by Gasteiger charge is 2.53. The molecule has 0 saturated heterocycles. The van der Waals surface area contributed by atoms with Crippen LogP contribution in [0.1, 0.15) is 47.2 Å². The molecule has 3 aliphatic rings. The summed E-state index contributed by atoms with van der Waals surface area (Å²) < 4.78 is 9.36. The number of hydrogen-bond acceptors (Lipinski definition) is 2. The Balaban J connectivity index is 0.798. The van der Waals surface area contributed by atoms with E-state index in [0.29, 0.717) is 0 Å². The highest BCUT2D eigenvalue weighted by molar-refractivity contribution is 6.14. The van der Waals surface area contributed by atoms with Crippen molar-refractivity contribution in [3.8, 4) is 61.3 Å². The summed E-state index contributed by atoms with van der Waals surface area (Å²) in [5.41, 5.74) is 28.4. The van der Waals surface area contributed by atoms with Gasteiger partial charge in [0, 0.05) is 55.1 Å². The minimum atomic E-state index is -0.538. The number of para-hydroxylation sites is 2. The van der Waals surface area contributed by atoms with E-state index in [1.165, 1.54) is 117 Å². The molecule has 3 aliphatic carbocycles. The summed E-state index contributed by atoms with van der Waals surface area (Å²) in [6, 6.07) is 99.1. The Morgan fingerprint density at radius 2 is 0.873 bits per heavy atom. The van der Waals surface area contributed by atoms with Gasteiger partial charge in [0.1, 0.15) is 11.2 Å². The fourth-order valence-corrected chi connectivity index (χ4v) is 14.5. The van der Waals surface area contributed by atoms with Crippen LogP contribution in [0.5, 0.6) is 0 Å². The average molecular weight is 1010 g/mol. The highest BCUT2D eigenvalue weighted by atomic mass is 16.3. The van der Waals surface area contributed by atoms with Gasteiger partial charge in [0.15, 0.2) is 0 Å². The predicted octanol–water partition coefficient (Wildman–Crippen LogP) is 20.1. The molecule has 1 unspecified atom stereocenters. The molecule has 370 valence electrons. The van der Waals surface area contributed by atoms with Crippen LogP contribution in [0.15, 0.2) is 271 Å². The first-order valence-electron chi connectivity index (χ1n) is 27.6. The SMILES string of the molecule is CC1(C)c2ccccc2-c2ccc(N(c3ccc(-c4ccccc4)cc3)c3ccc(-c4ccc5c(c4)c4ccccc4n5-c4cccc5c4-c4ccccc4C54c5ccccc5-c5c4ccc4c5oc5ccccc54)cc3)cc21. The molecule has 0 amide bonds. The van der Waals surface area contributed by atoms with Crippen molar-refractivity contribution in [2.24, 2.45) is 0 Å². The molecule has 2 heterocycles. The van der Waals surface area contributed by atoms with E-state index in [1.807, 2.05) is 0 Å². The lowest BCUT2D eigenvalue weighted by Gasteiger charge is -2.30. The maximum atomic E-state index is 6.84. The van der Waals surface area contributed by atoms with E-state index in [2.05, 4.69) is 290 Å². The van der Waals surface area contributed by atoms with Crippen molar-refractivity contribution in [3.63, 3.8) is 0 Å². The van der Waals surface area contributed by atoms with Crippen molar-refractivity contribution in [1.29, 1.82) is 0 Å². The van der Waals surface area contributed by atoms with Gasteiger partial charge in [-0.15, -0.1) is 0 Å². The zero-order valence-electron chi connectivity index (χ0n) is 43.7. The number of aromatic nitrogens is 1. The third-order valence-electron chi connectivity index (χ3n) is 18.0. The third kappa shape index (κ3) is 6.02. The van der Waals surface area contributed by atoms with Gasteiger partial charge in [-0.25, -0.2) is 0 Å². The second kappa shape index (κ2) is 16.3. The first-order valence-corrected chi connectivity index (χ1v) is 27.6.